The highest BCUT2D eigenvalue weighted by Gasteiger charge is 2.17. The van der Waals surface area contributed by atoms with Crippen LogP contribution in [0, 0.1) is 0 Å². The number of aliphatic hydroxyl groups excluding tert-OH is 1. The van der Waals surface area contributed by atoms with E-state index in [1.807, 2.05) is 0 Å². The number of nitrogens with zero attached hydrogens (tertiary/aromatic N) is 1. The van der Waals surface area contributed by atoms with Crippen LogP contribution in [0.1, 0.15) is 19.3 Å². The maximum atomic E-state index is 11.6. The molecule has 1 rings (SSSR count). The van der Waals surface area contributed by atoms with Gasteiger partial charge in [0.2, 0.25) is 5.91 Å². The lowest BCUT2D eigenvalue weighted by Gasteiger charge is -2.15. The summed E-state index contributed by atoms with van der Waals surface area (Å²) in [5.41, 5.74) is 0. The fourth-order valence-electron chi connectivity index (χ4n) is 1.75. The van der Waals surface area contributed by atoms with Gasteiger partial charge in [0, 0.05) is 26.1 Å². The summed E-state index contributed by atoms with van der Waals surface area (Å²) >= 11 is 0. The summed E-state index contributed by atoms with van der Waals surface area (Å²) in [5.74, 6) is -1.40. The number of carbonyl (C=O) groups is 3. The van der Waals surface area contributed by atoms with E-state index in [0.29, 0.717) is 0 Å². The van der Waals surface area contributed by atoms with E-state index in [4.69, 9.17) is 10.2 Å². The molecule has 0 spiro atoms. The van der Waals surface area contributed by atoms with Crippen LogP contribution in [0.4, 0.5) is 4.79 Å². The van der Waals surface area contributed by atoms with Crippen molar-refractivity contribution in [1.82, 2.24) is 15.5 Å². The first kappa shape index (κ1) is 15.2. The van der Waals surface area contributed by atoms with Gasteiger partial charge >= 0.3 is 12.0 Å². The Bertz CT molecular complexity index is 341. The Balaban J connectivity index is 2.09. The third kappa shape index (κ3) is 5.56. The molecule has 8 heteroatoms. The highest BCUT2D eigenvalue weighted by atomic mass is 16.4. The number of aliphatic carboxylic acids is 1. The predicted molar refractivity (Wildman–Crippen MR) is 65.5 cm³/mol. The zero-order chi connectivity index (χ0) is 14.3. The van der Waals surface area contributed by atoms with Gasteiger partial charge in [-0.25, -0.2) is 9.59 Å². The maximum Gasteiger partial charge on any atom is 0.334 e. The monoisotopic (exact) mass is 273 g/mol. The molecule has 0 saturated carbocycles. The molecular weight excluding hydrogens is 254 g/mol. The lowest BCUT2D eigenvalue weighted by molar-refractivity contribution is -0.146. The van der Waals surface area contributed by atoms with Crippen molar-refractivity contribution in [2.24, 2.45) is 0 Å². The number of aliphatic hydroxyl groups is 1. The first-order chi connectivity index (χ1) is 9.00. The second kappa shape index (κ2) is 7.57. The van der Waals surface area contributed by atoms with Gasteiger partial charge in [0.05, 0.1) is 6.54 Å². The zero-order valence-electron chi connectivity index (χ0n) is 10.6. The van der Waals surface area contributed by atoms with Gasteiger partial charge in [-0.15, -0.1) is 0 Å². The molecular formula is C11H19N3O5. The van der Waals surface area contributed by atoms with Gasteiger partial charge in [-0.3, -0.25) is 4.79 Å². The molecule has 1 aliphatic rings. The molecule has 0 unspecified atom stereocenters. The van der Waals surface area contributed by atoms with E-state index >= 15 is 0 Å². The third-order valence-corrected chi connectivity index (χ3v) is 2.82. The first-order valence-electron chi connectivity index (χ1n) is 6.21. The number of carbonyl (C=O) groups excluding carboxylic acids is 2. The van der Waals surface area contributed by atoms with Gasteiger partial charge in [-0.05, 0) is 12.8 Å². The quantitative estimate of drug-likeness (QED) is 0.482. The Morgan fingerprint density at radius 1 is 1.16 bits per heavy atom. The summed E-state index contributed by atoms with van der Waals surface area (Å²) in [6.07, 6.45) is 0.631. The SMILES string of the molecule is O=C(NCCC(=O)N1CCCC1)NC[C@H](O)C(=O)O. The van der Waals surface area contributed by atoms with Crippen molar-refractivity contribution in [2.45, 2.75) is 25.4 Å². The number of urea groups is 1. The van der Waals surface area contributed by atoms with Crippen LogP contribution in [0.25, 0.3) is 0 Å². The van der Waals surface area contributed by atoms with Crippen LogP contribution in [-0.4, -0.2) is 65.3 Å². The molecule has 8 nitrogen and oxygen atoms in total. The molecule has 0 radical (unpaired) electrons. The molecule has 0 aliphatic carbocycles. The highest BCUT2D eigenvalue weighted by molar-refractivity contribution is 5.79. The normalized spacial score (nSPS) is 15.9. The van der Waals surface area contributed by atoms with Crippen LogP contribution in [0.3, 0.4) is 0 Å². The van der Waals surface area contributed by atoms with Crippen LogP contribution in [0.15, 0.2) is 0 Å². The van der Waals surface area contributed by atoms with Crippen LogP contribution in [0.5, 0.6) is 0 Å². The summed E-state index contributed by atoms with van der Waals surface area (Å²) in [4.78, 5) is 34.9. The van der Waals surface area contributed by atoms with Crippen molar-refractivity contribution in [3.8, 4) is 0 Å². The van der Waals surface area contributed by atoms with Gasteiger partial charge in [0.25, 0.3) is 0 Å². The van der Waals surface area contributed by atoms with E-state index in [9.17, 15) is 14.4 Å². The first-order valence-corrected chi connectivity index (χ1v) is 6.21. The van der Waals surface area contributed by atoms with Gasteiger partial charge in [0.15, 0.2) is 6.10 Å². The van der Waals surface area contributed by atoms with Crippen LogP contribution in [0.2, 0.25) is 0 Å². The second-order valence-corrected chi connectivity index (χ2v) is 4.33. The Morgan fingerprint density at radius 2 is 1.79 bits per heavy atom. The molecule has 1 heterocycles. The van der Waals surface area contributed by atoms with Crippen molar-refractivity contribution in [1.29, 1.82) is 0 Å². The van der Waals surface area contributed by atoms with E-state index in [0.717, 1.165) is 25.9 Å². The smallest absolute Gasteiger partial charge is 0.334 e. The average Bonchev–Trinajstić information content (AvgIpc) is 2.89. The summed E-state index contributed by atoms with van der Waals surface area (Å²) < 4.78 is 0. The topological polar surface area (TPSA) is 119 Å². The van der Waals surface area contributed by atoms with Crippen molar-refractivity contribution in [3.05, 3.63) is 0 Å². The highest BCUT2D eigenvalue weighted by Crippen LogP contribution is 2.08. The van der Waals surface area contributed by atoms with Gasteiger partial charge in [0.1, 0.15) is 0 Å². The van der Waals surface area contributed by atoms with Gasteiger partial charge in [-0.2, -0.15) is 0 Å². The Morgan fingerprint density at radius 3 is 2.37 bits per heavy atom. The van der Waals surface area contributed by atoms with Crippen molar-refractivity contribution in [2.75, 3.05) is 26.2 Å². The summed E-state index contributed by atoms with van der Waals surface area (Å²) in [6.45, 7) is 1.36. The van der Waals surface area contributed by atoms with Crippen molar-refractivity contribution in [3.63, 3.8) is 0 Å². The number of likely N-dealkylation sites (tertiary alicyclic amines) is 1. The zero-order valence-corrected chi connectivity index (χ0v) is 10.6. The summed E-state index contributed by atoms with van der Waals surface area (Å²) in [6, 6.07) is -0.602. The molecule has 108 valence electrons. The molecule has 0 aromatic carbocycles. The number of carboxylic acids is 1. The largest absolute Gasteiger partial charge is 0.479 e. The number of hydrogen-bond acceptors (Lipinski definition) is 4. The molecule has 0 aromatic heterocycles. The fourth-order valence-corrected chi connectivity index (χ4v) is 1.75. The van der Waals surface area contributed by atoms with E-state index in [1.165, 1.54) is 0 Å². The average molecular weight is 273 g/mol. The van der Waals surface area contributed by atoms with E-state index in [1.54, 1.807) is 4.90 Å². The fraction of sp³-hybridized carbons (Fsp3) is 0.727. The molecule has 3 amide bonds. The molecule has 0 bridgehead atoms. The minimum Gasteiger partial charge on any atom is -0.479 e. The lowest BCUT2D eigenvalue weighted by Crippen LogP contribution is -2.43. The van der Waals surface area contributed by atoms with Gasteiger partial charge < -0.3 is 25.7 Å². The third-order valence-electron chi connectivity index (χ3n) is 2.82. The standard InChI is InChI=1S/C11H19N3O5/c15-8(10(17)18)7-13-11(19)12-4-3-9(16)14-5-1-2-6-14/h8,15H,1-7H2,(H,17,18)(H2,12,13,19)/t8-/m0/s1. The minimum absolute atomic E-state index is 0.00312. The van der Waals surface area contributed by atoms with E-state index < -0.39 is 18.1 Å². The Labute approximate surface area is 110 Å². The summed E-state index contributed by atoms with van der Waals surface area (Å²) in [5, 5.41) is 22.0. The van der Waals surface area contributed by atoms with Crippen molar-refractivity contribution < 1.29 is 24.6 Å². The second-order valence-electron chi connectivity index (χ2n) is 4.33. The van der Waals surface area contributed by atoms with E-state index in [-0.39, 0.29) is 25.4 Å². The minimum atomic E-state index is -1.63. The Hall–Kier alpha value is -1.83. The molecule has 1 atom stereocenters. The number of nitrogens with one attached hydrogen (secondary N) is 2. The number of hydrogen-bond donors (Lipinski definition) is 4. The van der Waals surface area contributed by atoms with Gasteiger partial charge in [-0.1, -0.05) is 0 Å². The molecule has 19 heavy (non-hydrogen) atoms. The molecule has 1 fully saturated rings. The van der Waals surface area contributed by atoms with E-state index in [2.05, 4.69) is 10.6 Å². The van der Waals surface area contributed by atoms with Crippen LogP contribution >= 0.6 is 0 Å². The Kier molecular flexibility index (Phi) is 6.07. The number of rotatable bonds is 6. The summed E-state index contributed by atoms with van der Waals surface area (Å²) in [7, 11) is 0. The molecule has 0 aromatic rings. The van der Waals surface area contributed by atoms with Crippen LogP contribution in [-0.2, 0) is 9.59 Å². The predicted octanol–water partition coefficient (Wildman–Crippen LogP) is -1.26. The number of carboxylic acid groups (broad SMARTS) is 1. The lowest BCUT2D eigenvalue weighted by atomic mass is 10.3. The molecule has 1 aliphatic heterocycles. The maximum absolute atomic E-state index is 11.6. The number of amides is 3. The van der Waals surface area contributed by atoms with Crippen LogP contribution < -0.4 is 10.6 Å². The van der Waals surface area contributed by atoms with Crippen molar-refractivity contribution >= 4 is 17.9 Å². The molecule has 1 saturated heterocycles. The molecule has 4 N–H and O–H groups in total.